The monoisotopic (exact) mass is 206 g/mol. The van der Waals surface area contributed by atoms with Gasteiger partial charge in [-0.1, -0.05) is 23.7 Å². The Hall–Kier alpha value is -0.180. The second kappa shape index (κ2) is 4.75. The number of hydrogen-bond donors (Lipinski definition) is 2. The van der Waals surface area contributed by atoms with Gasteiger partial charge in [-0.3, -0.25) is 0 Å². The van der Waals surface area contributed by atoms with Crippen molar-refractivity contribution in [2.75, 3.05) is 0 Å². The molecule has 0 bridgehead atoms. The van der Waals surface area contributed by atoms with E-state index in [0.29, 0.717) is 5.02 Å². The van der Waals surface area contributed by atoms with Crippen molar-refractivity contribution in [3.05, 3.63) is 34.9 Å². The van der Waals surface area contributed by atoms with E-state index in [-0.39, 0.29) is 6.61 Å². The summed E-state index contributed by atoms with van der Waals surface area (Å²) in [5.74, 6) is 0. The van der Waals surface area contributed by atoms with E-state index in [1.807, 2.05) is 0 Å². The molecular formula is C7H8ClO3P. The fourth-order valence-electron chi connectivity index (χ4n) is 0.713. The number of halogens is 1. The number of benzene rings is 1. The Labute approximate surface area is 76.6 Å². The highest BCUT2D eigenvalue weighted by Crippen LogP contribution is 2.26. The topological polar surface area (TPSA) is 49.7 Å². The van der Waals surface area contributed by atoms with Crippen molar-refractivity contribution in [3.8, 4) is 0 Å². The molecule has 1 rings (SSSR count). The van der Waals surface area contributed by atoms with Crippen LogP contribution in [0.2, 0.25) is 5.02 Å². The molecule has 0 fully saturated rings. The number of hydrogen-bond acceptors (Lipinski definition) is 3. The van der Waals surface area contributed by atoms with Gasteiger partial charge in [0.05, 0.1) is 6.61 Å². The largest absolute Gasteiger partial charge is 0.328 e. The Balaban J connectivity index is 2.48. The predicted molar refractivity (Wildman–Crippen MR) is 47.6 cm³/mol. The fourth-order valence-corrected chi connectivity index (χ4v) is 1.10. The van der Waals surface area contributed by atoms with Crippen molar-refractivity contribution >= 4 is 20.2 Å². The molecule has 0 saturated carbocycles. The van der Waals surface area contributed by atoms with Crippen molar-refractivity contribution in [1.82, 2.24) is 0 Å². The SMILES string of the molecule is OP(O)OCc1ccc(Cl)cc1. The third kappa shape index (κ3) is 3.48. The molecule has 3 nitrogen and oxygen atoms in total. The van der Waals surface area contributed by atoms with Crippen molar-refractivity contribution in [2.24, 2.45) is 0 Å². The molecule has 0 heterocycles. The smallest absolute Gasteiger partial charge is 0.327 e. The first-order valence-corrected chi connectivity index (χ1v) is 4.78. The summed E-state index contributed by atoms with van der Waals surface area (Å²) in [7, 11) is -2.26. The molecule has 0 saturated heterocycles. The summed E-state index contributed by atoms with van der Waals surface area (Å²) in [5, 5.41) is 0.647. The van der Waals surface area contributed by atoms with Gasteiger partial charge >= 0.3 is 8.60 Å². The minimum atomic E-state index is -2.26. The summed E-state index contributed by atoms with van der Waals surface area (Å²) < 4.78 is 4.60. The van der Waals surface area contributed by atoms with E-state index in [1.165, 1.54) is 0 Å². The van der Waals surface area contributed by atoms with Crippen LogP contribution in [0.15, 0.2) is 24.3 Å². The zero-order chi connectivity index (χ0) is 8.97. The Morgan fingerprint density at radius 3 is 2.33 bits per heavy atom. The highest BCUT2D eigenvalue weighted by atomic mass is 35.5. The normalized spacial score (nSPS) is 10.7. The molecule has 0 atom stereocenters. The lowest BCUT2D eigenvalue weighted by molar-refractivity contribution is 0.246. The molecule has 0 aromatic heterocycles. The molecule has 0 radical (unpaired) electrons. The molecule has 1 aromatic carbocycles. The van der Waals surface area contributed by atoms with Crippen LogP contribution in [-0.4, -0.2) is 9.79 Å². The molecule has 12 heavy (non-hydrogen) atoms. The summed E-state index contributed by atoms with van der Waals surface area (Å²) in [6.07, 6.45) is 0. The van der Waals surface area contributed by atoms with Gasteiger partial charge in [0.15, 0.2) is 0 Å². The van der Waals surface area contributed by atoms with Crippen LogP contribution in [0.5, 0.6) is 0 Å². The second-order valence-electron chi connectivity index (χ2n) is 2.15. The molecule has 0 aliphatic carbocycles. The van der Waals surface area contributed by atoms with Gasteiger partial charge in [0.1, 0.15) is 0 Å². The van der Waals surface area contributed by atoms with Crippen LogP contribution in [0.4, 0.5) is 0 Å². The Morgan fingerprint density at radius 1 is 1.25 bits per heavy atom. The molecule has 1 aromatic rings. The fraction of sp³-hybridized carbons (Fsp3) is 0.143. The molecular weight excluding hydrogens is 199 g/mol. The van der Waals surface area contributed by atoms with E-state index in [9.17, 15) is 0 Å². The van der Waals surface area contributed by atoms with Gasteiger partial charge in [-0.15, -0.1) is 0 Å². The summed E-state index contributed by atoms with van der Waals surface area (Å²) in [4.78, 5) is 16.9. The van der Waals surface area contributed by atoms with Gasteiger partial charge < -0.3 is 14.3 Å². The molecule has 66 valence electrons. The summed E-state index contributed by atoms with van der Waals surface area (Å²) in [5.41, 5.74) is 0.856. The van der Waals surface area contributed by atoms with E-state index in [2.05, 4.69) is 4.52 Å². The maximum atomic E-state index is 8.44. The molecule has 0 spiro atoms. The average Bonchev–Trinajstić information content (AvgIpc) is 2.03. The van der Waals surface area contributed by atoms with Crippen LogP contribution in [0, 0.1) is 0 Å². The van der Waals surface area contributed by atoms with Gasteiger partial charge in [0.25, 0.3) is 0 Å². The van der Waals surface area contributed by atoms with E-state index in [4.69, 9.17) is 21.4 Å². The van der Waals surface area contributed by atoms with Crippen LogP contribution >= 0.6 is 20.2 Å². The lowest BCUT2D eigenvalue weighted by Gasteiger charge is -2.03. The molecule has 0 aliphatic heterocycles. The lowest BCUT2D eigenvalue weighted by atomic mass is 10.2. The second-order valence-corrected chi connectivity index (χ2v) is 3.35. The molecule has 0 unspecified atom stereocenters. The van der Waals surface area contributed by atoms with Gasteiger partial charge in [-0.2, -0.15) is 0 Å². The predicted octanol–water partition coefficient (Wildman–Crippen LogP) is 2.07. The van der Waals surface area contributed by atoms with Crippen molar-refractivity contribution in [1.29, 1.82) is 0 Å². The van der Waals surface area contributed by atoms with E-state index < -0.39 is 8.60 Å². The van der Waals surface area contributed by atoms with Crippen LogP contribution in [0.25, 0.3) is 0 Å². The quantitative estimate of drug-likeness (QED) is 0.745. The maximum absolute atomic E-state index is 8.44. The summed E-state index contributed by atoms with van der Waals surface area (Å²) in [6, 6.07) is 6.97. The standard InChI is InChI=1S/C7H8ClO3P/c8-7-3-1-6(2-4-7)5-11-12(9)10/h1-4,9-10H,5H2. The third-order valence-electron chi connectivity index (χ3n) is 1.26. The maximum Gasteiger partial charge on any atom is 0.327 e. The first-order valence-electron chi connectivity index (χ1n) is 3.24. The van der Waals surface area contributed by atoms with Crippen molar-refractivity contribution in [3.63, 3.8) is 0 Å². The molecule has 0 amide bonds. The first kappa shape index (κ1) is 9.90. The summed E-state index contributed by atoms with van der Waals surface area (Å²) in [6.45, 7) is 0.190. The van der Waals surface area contributed by atoms with Gasteiger partial charge in [-0.25, -0.2) is 0 Å². The lowest BCUT2D eigenvalue weighted by Crippen LogP contribution is -1.86. The van der Waals surface area contributed by atoms with Crippen molar-refractivity contribution in [2.45, 2.75) is 6.61 Å². The zero-order valence-electron chi connectivity index (χ0n) is 6.14. The molecule has 0 aliphatic rings. The average molecular weight is 207 g/mol. The first-order chi connectivity index (χ1) is 5.68. The molecule has 5 heteroatoms. The van der Waals surface area contributed by atoms with Crippen LogP contribution in [0.3, 0.4) is 0 Å². The Kier molecular flexibility index (Phi) is 3.92. The summed E-state index contributed by atoms with van der Waals surface area (Å²) >= 11 is 5.64. The van der Waals surface area contributed by atoms with E-state index in [1.54, 1.807) is 24.3 Å². The van der Waals surface area contributed by atoms with Gasteiger partial charge in [-0.05, 0) is 17.7 Å². The minimum absolute atomic E-state index is 0.190. The Morgan fingerprint density at radius 2 is 1.83 bits per heavy atom. The zero-order valence-corrected chi connectivity index (χ0v) is 7.79. The highest BCUT2D eigenvalue weighted by Gasteiger charge is 1.99. The Bertz CT molecular complexity index is 237. The number of rotatable bonds is 3. The van der Waals surface area contributed by atoms with E-state index in [0.717, 1.165) is 5.56 Å². The highest BCUT2D eigenvalue weighted by molar-refractivity contribution is 7.39. The third-order valence-corrected chi connectivity index (χ3v) is 1.87. The van der Waals surface area contributed by atoms with Gasteiger partial charge in [0, 0.05) is 5.02 Å². The molecule has 2 N–H and O–H groups in total. The van der Waals surface area contributed by atoms with Crippen LogP contribution in [-0.2, 0) is 11.1 Å². The van der Waals surface area contributed by atoms with Crippen LogP contribution < -0.4 is 0 Å². The van der Waals surface area contributed by atoms with Crippen LogP contribution in [0.1, 0.15) is 5.56 Å². The van der Waals surface area contributed by atoms with Gasteiger partial charge in [0.2, 0.25) is 0 Å². The van der Waals surface area contributed by atoms with E-state index >= 15 is 0 Å². The minimum Gasteiger partial charge on any atom is -0.328 e. The van der Waals surface area contributed by atoms with Crippen molar-refractivity contribution < 1.29 is 14.3 Å².